The van der Waals surface area contributed by atoms with Crippen LogP contribution < -0.4 is 4.72 Å². The van der Waals surface area contributed by atoms with Crippen LogP contribution in [-0.2, 0) is 10.0 Å². The molecule has 0 aliphatic carbocycles. The Morgan fingerprint density at radius 2 is 1.78 bits per heavy atom. The van der Waals surface area contributed by atoms with Crippen LogP contribution in [0, 0.1) is 5.82 Å². The van der Waals surface area contributed by atoms with Crippen molar-refractivity contribution in [3.8, 4) is 0 Å². The maximum Gasteiger partial charge on any atom is 0.240 e. The predicted molar refractivity (Wildman–Crippen MR) is 67.3 cm³/mol. The van der Waals surface area contributed by atoms with Gasteiger partial charge >= 0.3 is 0 Å². The van der Waals surface area contributed by atoms with E-state index in [0.29, 0.717) is 6.54 Å². The summed E-state index contributed by atoms with van der Waals surface area (Å²) >= 11 is 0. The van der Waals surface area contributed by atoms with Crippen LogP contribution in [0.5, 0.6) is 0 Å². The van der Waals surface area contributed by atoms with Crippen molar-refractivity contribution in [2.45, 2.75) is 17.7 Å². The monoisotopic (exact) mass is 272 g/mol. The van der Waals surface area contributed by atoms with E-state index in [0.717, 1.165) is 31.8 Å². The van der Waals surface area contributed by atoms with E-state index < -0.39 is 15.8 Å². The minimum atomic E-state index is -3.51. The van der Waals surface area contributed by atoms with E-state index in [-0.39, 0.29) is 4.90 Å². The highest BCUT2D eigenvalue weighted by Crippen LogP contribution is 2.10. The van der Waals surface area contributed by atoms with Crippen molar-refractivity contribution in [2.24, 2.45) is 0 Å². The van der Waals surface area contributed by atoms with Crippen molar-refractivity contribution in [3.63, 3.8) is 0 Å². The highest BCUT2D eigenvalue weighted by Gasteiger charge is 2.15. The smallest absolute Gasteiger partial charge is 0.240 e. The summed E-state index contributed by atoms with van der Waals surface area (Å²) in [6.45, 7) is 3.19. The zero-order valence-electron chi connectivity index (χ0n) is 10.1. The van der Waals surface area contributed by atoms with Crippen molar-refractivity contribution in [2.75, 3.05) is 26.2 Å². The standard InChI is InChI=1S/C12H17FN2O2S/c13-11-3-5-12(6-4-11)18(16,17)14-7-10-15-8-1-2-9-15/h3-6,14H,1-2,7-10H2. The Morgan fingerprint density at radius 1 is 1.17 bits per heavy atom. The molecule has 0 bridgehead atoms. The summed E-state index contributed by atoms with van der Waals surface area (Å²) in [5.41, 5.74) is 0. The molecule has 1 aliphatic heterocycles. The molecule has 2 rings (SSSR count). The molecular weight excluding hydrogens is 255 g/mol. The molecule has 4 nitrogen and oxygen atoms in total. The molecule has 0 atom stereocenters. The zero-order valence-corrected chi connectivity index (χ0v) is 10.9. The first kappa shape index (κ1) is 13.5. The van der Waals surface area contributed by atoms with Crippen LogP contribution in [-0.4, -0.2) is 39.5 Å². The Bertz CT molecular complexity index is 481. The lowest BCUT2D eigenvalue weighted by atomic mass is 10.4. The van der Waals surface area contributed by atoms with Crippen molar-refractivity contribution >= 4 is 10.0 Å². The van der Waals surface area contributed by atoms with Crippen LogP contribution in [0.2, 0.25) is 0 Å². The maximum absolute atomic E-state index is 12.7. The predicted octanol–water partition coefficient (Wildman–Crippen LogP) is 1.20. The molecule has 1 N–H and O–H groups in total. The number of sulfonamides is 1. The Balaban J connectivity index is 1.88. The lowest BCUT2D eigenvalue weighted by Gasteiger charge is -2.14. The number of nitrogens with zero attached hydrogens (tertiary/aromatic N) is 1. The average molecular weight is 272 g/mol. The highest BCUT2D eigenvalue weighted by atomic mass is 32.2. The molecule has 1 aromatic carbocycles. The SMILES string of the molecule is O=S(=O)(NCCN1CCCC1)c1ccc(F)cc1. The van der Waals surface area contributed by atoms with E-state index >= 15 is 0 Å². The van der Waals surface area contributed by atoms with Crippen molar-refractivity contribution in [3.05, 3.63) is 30.1 Å². The fourth-order valence-electron chi connectivity index (χ4n) is 2.04. The Labute approximate surface area is 107 Å². The number of benzene rings is 1. The van der Waals surface area contributed by atoms with Crippen LogP contribution in [0.25, 0.3) is 0 Å². The minimum Gasteiger partial charge on any atom is -0.302 e. The van der Waals surface area contributed by atoms with Gasteiger partial charge in [0, 0.05) is 13.1 Å². The van der Waals surface area contributed by atoms with Crippen molar-refractivity contribution in [1.29, 1.82) is 0 Å². The fraction of sp³-hybridized carbons (Fsp3) is 0.500. The number of nitrogens with one attached hydrogen (secondary N) is 1. The number of likely N-dealkylation sites (tertiary alicyclic amines) is 1. The first-order valence-electron chi connectivity index (χ1n) is 6.05. The second kappa shape index (κ2) is 5.77. The van der Waals surface area contributed by atoms with Crippen LogP contribution in [0.3, 0.4) is 0 Å². The van der Waals surface area contributed by atoms with Gasteiger partial charge in [0.05, 0.1) is 4.90 Å². The van der Waals surface area contributed by atoms with Gasteiger partial charge in [0.2, 0.25) is 10.0 Å². The molecule has 1 heterocycles. The molecule has 1 saturated heterocycles. The molecule has 1 aliphatic rings. The van der Waals surface area contributed by atoms with Gasteiger partial charge in [0.15, 0.2) is 0 Å². The largest absolute Gasteiger partial charge is 0.302 e. The fourth-order valence-corrected chi connectivity index (χ4v) is 3.06. The number of hydrogen-bond acceptors (Lipinski definition) is 3. The van der Waals surface area contributed by atoms with Gasteiger partial charge in [-0.3, -0.25) is 0 Å². The average Bonchev–Trinajstić information content (AvgIpc) is 2.82. The molecule has 0 spiro atoms. The molecule has 0 amide bonds. The molecule has 1 fully saturated rings. The minimum absolute atomic E-state index is 0.102. The second-order valence-electron chi connectivity index (χ2n) is 4.40. The Morgan fingerprint density at radius 3 is 2.39 bits per heavy atom. The van der Waals surface area contributed by atoms with Crippen LogP contribution in [0.4, 0.5) is 4.39 Å². The Hall–Kier alpha value is -0.980. The first-order valence-corrected chi connectivity index (χ1v) is 7.54. The quantitative estimate of drug-likeness (QED) is 0.876. The third-order valence-corrected chi connectivity index (χ3v) is 4.52. The van der Waals surface area contributed by atoms with Gasteiger partial charge in [0.25, 0.3) is 0 Å². The third kappa shape index (κ3) is 3.51. The molecule has 0 saturated carbocycles. The van der Waals surface area contributed by atoms with E-state index in [1.807, 2.05) is 0 Å². The lowest BCUT2D eigenvalue weighted by Crippen LogP contribution is -2.33. The topological polar surface area (TPSA) is 49.4 Å². The number of halogens is 1. The van der Waals surface area contributed by atoms with Crippen LogP contribution in [0.1, 0.15) is 12.8 Å². The maximum atomic E-state index is 12.7. The molecule has 0 aromatic heterocycles. The van der Waals surface area contributed by atoms with Crippen molar-refractivity contribution in [1.82, 2.24) is 9.62 Å². The van der Waals surface area contributed by atoms with Gasteiger partial charge < -0.3 is 4.90 Å². The zero-order chi connectivity index (χ0) is 13.0. The van der Waals surface area contributed by atoms with E-state index in [9.17, 15) is 12.8 Å². The van der Waals surface area contributed by atoms with Gasteiger partial charge in [-0.05, 0) is 50.2 Å². The molecule has 0 unspecified atom stereocenters. The second-order valence-corrected chi connectivity index (χ2v) is 6.17. The summed E-state index contributed by atoms with van der Waals surface area (Å²) < 4.78 is 39.0. The summed E-state index contributed by atoms with van der Waals surface area (Å²) in [5, 5.41) is 0. The van der Waals surface area contributed by atoms with E-state index in [4.69, 9.17) is 0 Å². The van der Waals surface area contributed by atoms with Gasteiger partial charge in [-0.2, -0.15) is 0 Å². The van der Waals surface area contributed by atoms with Crippen molar-refractivity contribution < 1.29 is 12.8 Å². The summed E-state index contributed by atoms with van der Waals surface area (Å²) in [6, 6.07) is 4.84. The molecule has 18 heavy (non-hydrogen) atoms. The van der Waals surface area contributed by atoms with Gasteiger partial charge in [-0.1, -0.05) is 0 Å². The van der Waals surface area contributed by atoms with Gasteiger partial charge in [0.1, 0.15) is 5.82 Å². The van der Waals surface area contributed by atoms with E-state index in [1.54, 1.807) is 0 Å². The molecule has 0 radical (unpaired) electrons. The number of hydrogen-bond donors (Lipinski definition) is 1. The summed E-state index contributed by atoms with van der Waals surface area (Å²) in [4.78, 5) is 2.33. The third-order valence-electron chi connectivity index (χ3n) is 3.04. The summed E-state index contributed by atoms with van der Waals surface area (Å²) in [5.74, 6) is -0.439. The van der Waals surface area contributed by atoms with Crippen LogP contribution >= 0.6 is 0 Å². The van der Waals surface area contributed by atoms with E-state index in [1.165, 1.54) is 25.0 Å². The van der Waals surface area contributed by atoms with Gasteiger partial charge in [-0.15, -0.1) is 0 Å². The van der Waals surface area contributed by atoms with Gasteiger partial charge in [-0.25, -0.2) is 17.5 Å². The lowest BCUT2D eigenvalue weighted by molar-refractivity contribution is 0.344. The molecule has 1 aromatic rings. The molecular formula is C12H17FN2O2S. The Kier molecular flexibility index (Phi) is 4.31. The van der Waals surface area contributed by atoms with E-state index in [2.05, 4.69) is 9.62 Å². The number of rotatable bonds is 5. The molecule has 6 heteroatoms. The van der Waals surface area contributed by atoms with Crippen LogP contribution in [0.15, 0.2) is 29.2 Å². The summed E-state index contributed by atoms with van der Waals surface area (Å²) in [6.07, 6.45) is 2.37. The molecule has 100 valence electrons. The highest BCUT2D eigenvalue weighted by molar-refractivity contribution is 7.89. The normalized spacial score (nSPS) is 17.2. The summed E-state index contributed by atoms with van der Waals surface area (Å²) in [7, 11) is -3.51. The first-order chi connectivity index (χ1) is 8.58.